The Bertz CT molecular complexity index is 555. The predicted molar refractivity (Wildman–Crippen MR) is 85.0 cm³/mol. The summed E-state index contributed by atoms with van der Waals surface area (Å²) in [6.07, 6.45) is 7.65. The van der Waals surface area contributed by atoms with E-state index >= 15 is 0 Å². The third kappa shape index (κ3) is 3.24. The average molecular weight is 311 g/mol. The Kier molecular flexibility index (Phi) is 4.50. The van der Waals surface area contributed by atoms with Crippen molar-refractivity contribution in [2.75, 3.05) is 25.5 Å². The summed E-state index contributed by atoms with van der Waals surface area (Å²) in [6, 6.07) is 0.480. The molecular formula is C15H23ClN4O. The molecule has 21 heavy (non-hydrogen) atoms. The third-order valence-corrected chi connectivity index (χ3v) is 5.13. The summed E-state index contributed by atoms with van der Waals surface area (Å²) >= 11 is 6.16. The van der Waals surface area contributed by atoms with E-state index < -0.39 is 0 Å². The fraction of sp³-hybridized carbons (Fsp3) is 0.733. The van der Waals surface area contributed by atoms with Crippen molar-refractivity contribution < 1.29 is 0 Å². The van der Waals surface area contributed by atoms with Crippen LogP contribution in [0, 0.1) is 5.92 Å². The second kappa shape index (κ2) is 6.36. The van der Waals surface area contributed by atoms with Gasteiger partial charge in [0.2, 0.25) is 0 Å². The topological polar surface area (TPSA) is 50.2 Å². The van der Waals surface area contributed by atoms with Crippen molar-refractivity contribution in [1.82, 2.24) is 14.7 Å². The van der Waals surface area contributed by atoms with Crippen molar-refractivity contribution in [2.24, 2.45) is 5.92 Å². The molecule has 0 bridgehead atoms. The van der Waals surface area contributed by atoms with Crippen molar-refractivity contribution in [1.29, 1.82) is 0 Å². The maximum Gasteiger partial charge on any atom is 0.291 e. The Labute approximate surface area is 130 Å². The molecule has 1 aromatic heterocycles. The van der Waals surface area contributed by atoms with Gasteiger partial charge in [0.15, 0.2) is 0 Å². The summed E-state index contributed by atoms with van der Waals surface area (Å²) in [5.74, 6) is 0.602. The van der Waals surface area contributed by atoms with E-state index in [9.17, 15) is 4.79 Å². The molecule has 1 aliphatic carbocycles. The SMILES string of the molecule is CN1CCCC1CNc1c(Cl)cnn(CC2CCC2)c1=O. The molecule has 2 heterocycles. The first-order chi connectivity index (χ1) is 10.1. The van der Waals surface area contributed by atoms with Crippen molar-refractivity contribution >= 4 is 17.3 Å². The van der Waals surface area contributed by atoms with Gasteiger partial charge in [0.25, 0.3) is 5.56 Å². The Morgan fingerprint density at radius 2 is 2.19 bits per heavy atom. The zero-order valence-electron chi connectivity index (χ0n) is 12.5. The van der Waals surface area contributed by atoms with E-state index in [4.69, 9.17) is 11.6 Å². The van der Waals surface area contributed by atoms with Crippen LogP contribution in [0.4, 0.5) is 5.69 Å². The van der Waals surface area contributed by atoms with Crippen molar-refractivity contribution in [3.8, 4) is 0 Å². The monoisotopic (exact) mass is 310 g/mol. The molecule has 0 spiro atoms. The standard InChI is InChI=1S/C15H23ClN4O/c1-19-7-3-6-12(19)8-17-14-13(16)9-18-20(15(14)21)10-11-4-2-5-11/h9,11-12,17H,2-8,10H2,1H3. The van der Waals surface area contributed by atoms with Crippen molar-refractivity contribution in [3.63, 3.8) is 0 Å². The van der Waals surface area contributed by atoms with Gasteiger partial charge in [0, 0.05) is 19.1 Å². The van der Waals surface area contributed by atoms with Crippen molar-refractivity contribution in [2.45, 2.75) is 44.7 Å². The largest absolute Gasteiger partial charge is 0.378 e. The van der Waals surface area contributed by atoms with E-state index in [1.54, 1.807) is 10.9 Å². The van der Waals surface area contributed by atoms with Gasteiger partial charge in [-0.25, -0.2) is 4.68 Å². The molecule has 0 radical (unpaired) electrons. The number of nitrogens with one attached hydrogen (secondary N) is 1. The Morgan fingerprint density at radius 3 is 2.81 bits per heavy atom. The van der Waals surface area contributed by atoms with Gasteiger partial charge in [0.1, 0.15) is 5.69 Å². The highest BCUT2D eigenvalue weighted by Crippen LogP contribution is 2.27. The molecule has 6 heteroatoms. The van der Waals surface area contributed by atoms with Crippen LogP contribution in [0.1, 0.15) is 32.1 Å². The zero-order chi connectivity index (χ0) is 14.8. The van der Waals surface area contributed by atoms with E-state index in [2.05, 4.69) is 22.4 Å². The number of rotatable bonds is 5. The molecule has 3 rings (SSSR count). The van der Waals surface area contributed by atoms with E-state index in [0.29, 0.717) is 29.2 Å². The molecule has 0 amide bonds. The molecule has 1 atom stereocenters. The molecule has 1 saturated carbocycles. The van der Waals surface area contributed by atoms with Gasteiger partial charge >= 0.3 is 0 Å². The van der Waals surface area contributed by atoms with Crippen LogP contribution in [0.5, 0.6) is 0 Å². The maximum absolute atomic E-state index is 12.5. The van der Waals surface area contributed by atoms with Gasteiger partial charge < -0.3 is 10.2 Å². The first kappa shape index (κ1) is 14.9. The van der Waals surface area contributed by atoms with E-state index in [1.807, 2.05) is 0 Å². The second-order valence-corrected chi connectivity index (χ2v) is 6.72. The number of anilines is 1. The maximum atomic E-state index is 12.5. The fourth-order valence-corrected chi connectivity index (χ4v) is 3.33. The predicted octanol–water partition coefficient (Wildman–Crippen LogP) is 2.20. The minimum absolute atomic E-state index is 0.0879. The van der Waals surface area contributed by atoms with E-state index in [1.165, 1.54) is 32.1 Å². The normalized spacial score (nSPS) is 23.2. The molecule has 2 fully saturated rings. The molecule has 2 aliphatic rings. The van der Waals surface area contributed by atoms with Crippen LogP contribution in [0.3, 0.4) is 0 Å². The van der Waals surface area contributed by atoms with Crippen LogP contribution >= 0.6 is 11.6 Å². The summed E-state index contributed by atoms with van der Waals surface area (Å²) in [7, 11) is 2.13. The van der Waals surface area contributed by atoms with Crippen LogP contribution < -0.4 is 10.9 Å². The fourth-order valence-electron chi connectivity index (χ4n) is 3.14. The molecule has 116 valence electrons. The van der Waals surface area contributed by atoms with Crippen LogP contribution in [0.15, 0.2) is 11.0 Å². The summed E-state index contributed by atoms with van der Waals surface area (Å²) in [5.41, 5.74) is 0.418. The summed E-state index contributed by atoms with van der Waals surface area (Å²) in [6.45, 7) is 2.61. The quantitative estimate of drug-likeness (QED) is 0.906. The van der Waals surface area contributed by atoms with E-state index in [0.717, 1.165) is 13.1 Å². The first-order valence-corrected chi connectivity index (χ1v) is 8.22. The number of hydrogen-bond donors (Lipinski definition) is 1. The van der Waals surface area contributed by atoms with Crippen LogP contribution in [0.2, 0.25) is 5.02 Å². The molecule has 1 aliphatic heterocycles. The molecule has 1 N–H and O–H groups in total. The van der Waals surface area contributed by atoms with Gasteiger partial charge in [-0.2, -0.15) is 5.10 Å². The molecule has 0 aromatic carbocycles. The van der Waals surface area contributed by atoms with Gasteiger partial charge in [0.05, 0.1) is 11.2 Å². The minimum Gasteiger partial charge on any atom is -0.378 e. The van der Waals surface area contributed by atoms with Crippen molar-refractivity contribution in [3.05, 3.63) is 21.6 Å². The minimum atomic E-state index is -0.0879. The number of hydrogen-bond acceptors (Lipinski definition) is 4. The smallest absolute Gasteiger partial charge is 0.291 e. The van der Waals surface area contributed by atoms with E-state index in [-0.39, 0.29) is 5.56 Å². The number of halogens is 1. The first-order valence-electron chi connectivity index (χ1n) is 7.85. The van der Waals surface area contributed by atoms with Crippen LogP contribution in [0.25, 0.3) is 0 Å². The molecule has 1 saturated heterocycles. The van der Waals surface area contributed by atoms with Gasteiger partial charge in [-0.3, -0.25) is 4.79 Å². The van der Waals surface area contributed by atoms with Gasteiger partial charge in [-0.05, 0) is 45.2 Å². The summed E-state index contributed by atoms with van der Waals surface area (Å²) < 4.78 is 1.57. The summed E-state index contributed by atoms with van der Waals surface area (Å²) in [5, 5.41) is 7.85. The second-order valence-electron chi connectivity index (χ2n) is 6.31. The number of nitrogens with zero attached hydrogens (tertiary/aromatic N) is 3. The number of likely N-dealkylation sites (N-methyl/N-ethyl adjacent to an activating group) is 1. The summed E-state index contributed by atoms with van der Waals surface area (Å²) in [4.78, 5) is 14.8. The Hall–Kier alpha value is -1.07. The third-order valence-electron chi connectivity index (χ3n) is 4.84. The molecular weight excluding hydrogens is 288 g/mol. The highest BCUT2D eigenvalue weighted by Gasteiger charge is 2.23. The Morgan fingerprint density at radius 1 is 1.38 bits per heavy atom. The lowest BCUT2D eigenvalue weighted by Crippen LogP contribution is -2.35. The average Bonchev–Trinajstić information content (AvgIpc) is 2.81. The Balaban J connectivity index is 1.70. The number of aromatic nitrogens is 2. The van der Waals surface area contributed by atoms with Gasteiger partial charge in [-0.15, -0.1) is 0 Å². The highest BCUT2D eigenvalue weighted by atomic mass is 35.5. The van der Waals surface area contributed by atoms with Crippen LogP contribution in [-0.2, 0) is 6.54 Å². The molecule has 1 unspecified atom stereocenters. The van der Waals surface area contributed by atoms with Gasteiger partial charge in [-0.1, -0.05) is 18.0 Å². The molecule has 5 nitrogen and oxygen atoms in total. The molecule has 1 aromatic rings. The van der Waals surface area contributed by atoms with Crippen LogP contribution in [-0.4, -0.2) is 40.9 Å². The lowest BCUT2D eigenvalue weighted by atomic mass is 9.85. The number of likely N-dealkylation sites (tertiary alicyclic amines) is 1. The lowest BCUT2D eigenvalue weighted by molar-refractivity contribution is 0.262. The lowest BCUT2D eigenvalue weighted by Gasteiger charge is -2.25. The highest BCUT2D eigenvalue weighted by molar-refractivity contribution is 6.32. The zero-order valence-corrected chi connectivity index (χ0v) is 13.3.